The number of carbonyl (C=O) groups is 1. The average molecular weight is 912 g/mol. The molecular formula is C48H85N3O13. The summed E-state index contributed by atoms with van der Waals surface area (Å²) in [6.07, 6.45) is -6.33. The van der Waals surface area contributed by atoms with E-state index in [-0.39, 0.29) is 43.9 Å². The van der Waals surface area contributed by atoms with Gasteiger partial charge in [0.05, 0.1) is 48.6 Å². The fraction of sp³-hybridized carbons (Fsp3) is 0.854. The Labute approximate surface area is 383 Å². The first-order chi connectivity index (χ1) is 30.0. The molecule has 10 unspecified atom stereocenters. The van der Waals surface area contributed by atoms with Crippen molar-refractivity contribution in [2.75, 3.05) is 40.4 Å². The summed E-state index contributed by atoms with van der Waals surface area (Å²) in [7, 11) is 3.41. The highest BCUT2D eigenvalue weighted by molar-refractivity contribution is 5.73. The molecule has 0 saturated carbocycles. The van der Waals surface area contributed by atoms with Gasteiger partial charge in [0, 0.05) is 32.0 Å². The molecule has 370 valence electrons. The van der Waals surface area contributed by atoms with Crippen molar-refractivity contribution in [3.8, 4) is 11.5 Å². The van der Waals surface area contributed by atoms with Gasteiger partial charge in [-0.05, 0) is 119 Å². The molecule has 16 nitrogen and oxygen atoms in total. The summed E-state index contributed by atoms with van der Waals surface area (Å²) >= 11 is 0. The second kappa shape index (κ2) is 23.2. The highest BCUT2D eigenvalue weighted by Crippen LogP contribution is 2.43. The SMILES string of the molecule is CCCNC[C@]1(O)[C@H](C)O[C@@H](OC2C(C)C(=O)OC(CC)C(C)(O)C(O)C(C)NCC(C)CC(C)(O)C(O[C@@H]3O[C@H](C)C[C@H](NC)[C@H]3Oc3ccccc3OCC)C2C)C[C@@]1(C)OC. The Morgan fingerprint density at radius 1 is 0.922 bits per heavy atom. The molecule has 3 aliphatic heterocycles. The van der Waals surface area contributed by atoms with Crippen molar-refractivity contribution in [3.05, 3.63) is 24.3 Å². The third-order valence-electron chi connectivity index (χ3n) is 14.1. The Balaban J connectivity index is 1.86. The normalized spacial score (nSPS) is 43.1. The van der Waals surface area contributed by atoms with Crippen LogP contribution in [0.25, 0.3) is 0 Å². The summed E-state index contributed by atoms with van der Waals surface area (Å²) in [6.45, 7) is 23.5. The summed E-state index contributed by atoms with van der Waals surface area (Å²) in [4.78, 5) is 14.6. The quantitative estimate of drug-likeness (QED) is 0.0978. The number of hydrogen-bond acceptors (Lipinski definition) is 16. The molecule has 1 aromatic rings. The fourth-order valence-electron chi connectivity index (χ4n) is 10.1. The number of likely N-dealkylation sites (N-methyl/N-ethyl adjacent to an activating group) is 1. The minimum atomic E-state index is -1.83. The molecule has 16 heteroatoms. The highest BCUT2D eigenvalue weighted by atomic mass is 16.7. The zero-order valence-electron chi connectivity index (χ0n) is 41.2. The Kier molecular flexibility index (Phi) is 19.7. The Hall–Kier alpha value is -2.19. The van der Waals surface area contributed by atoms with Gasteiger partial charge in [0.2, 0.25) is 0 Å². The lowest BCUT2D eigenvalue weighted by Crippen LogP contribution is -2.70. The second-order valence-electron chi connectivity index (χ2n) is 19.5. The lowest BCUT2D eigenvalue weighted by atomic mass is 9.75. The number of carbonyl (C=O) groups excluding carboxylic acids is 1. The van der Waals surface area contributed by atoms with Gasteiger partial charge in [0.1, 0.15) is 29.0 Å². The maximum Gasteiger partial charge on any atom is 0.311 e. The number of aliphatic hydroxyl groups is 4. The van der Waals surface area contributed by atoms with Gasteiger partial charge in [-0.3, -0.25) is 4.79 Å². The van der Waals surface area contributed by atoms with Crippen LogP contribution in [0.2, 0.25) is 0 Å². The standard InChI is InChI=1S/C48H85N3O13/c1-15-22-50-27-48(56)33(9)60-38(25-46(48,11)57-14)63-39-30(6)42(64-44-40(34(49-13)23-29(5)59-44)61-36-21-19-18-20-35(36)58-17-3)45(10,54)24-28(4)26-51-32(8)41(52)47(12,55)37(16-2)62-43(53)31(39)7/h18-21,28-34,37-42,44,49-52,54-56H,15-17,22-27H2,1-14H3/t28?,29-,30?,31?,32?,33+,34+,37?,38+,39?,40-,41?,42?,44+,45?,46-,47?,48+/m1/s1. The lowest BCUT2D eigenvalue weighted by Gasteiger charge is -2.53. The Morgan fingerprint density at radius 3 is 2.20 bits per heavy atom. The van der Waals surface area contributed by atoms with Crippen molar-refractivity contribution in [2.24, 2.45) is 17.8 Å². The molecule has 0 amide bonds. The van der Waals surface area contributed by atoms with Crippen LogP contribution in [0.3, 0.4) is 0 Å². The first-order valence-electron chi connectivity index (χ1n) is 23.8. The minimum Gasteiger partial charge on any atom is -0.490 e. The molecule has 0 aromatic heterocycles. The van der Waals surface area contributed by atoms with E-state index in [1.54, 1.807) is 41.7 Å². The molecule has 3 saturated heterocycles. The third-order valence-corrected chi connectivity index (χ3v) is 14.1. The molecule has 3 aliphatic rings. The van der Waals surface area contributed by atoms with E-state index in [1.807, 2.05) is 72.9 Å². The van der Waals surface area contributed by atoms with Crippen LogP contribution in [0.5, 0.6) is 11.5 Å². The largest absolute Gasteiger partial charge is 0.490 e. The zero-order chi connectivity index (χ0) is 47.8. The second-order valence-corrected chi connectivity index (χ2v) is 19.5. The van der Waals surface area contributed by atoms with Gasteiger partial charge in [0.25, 0.3) is 0 Å². The summed E-state index contributed by atoms with van der Waals surface area (Å²) in [6, 6.07) is 6.57. The minimum absolute atomic E-state index is 0.0897. The molecular weight excluding hydrogens is 827 g/mol. The van der Waals surface area contributed by atoms with E-state index in [0.29, 0.717) is 37.6 Å². The van der Waals surface area contributed by atoms with Crippen molar-refractivity contribution in [2.45, 2.75) is 205 Å². The van der Waals surface area contributed by atoms with Gasteiger partial charge in [-0.2, -0.15) is 0 Å². The van der Waals surface area contributed by atoms with Crippen molar-refractivity contribution < 1.29 is 63.1 Å². The van der Waals surface area contributed by atoms with E-state index in [4.69, 9.17) is 37.9 Å². The zero-order valence-corrected chi connectivity index (χ0v) is 41.2. The van der Waals surface area contributed by atoms with Gasteiger partial charge < -0.3 is 74.3 Å². The van der Waals surface area contributed by atoms with Crippen LogP contribution in [0.15, 0.2) is 24.3 Å². The Morgan fingerprint density at radius 2 is 1.59 bits per heavy atom. The number of nitrogens with one attached hydrogen (secondary N) is 3. The van der Waals surface area contributed by atoms with E-state index in [2.05, 4.69) is 16.0 Å². The summed E-state index contributed by atoms with van der Waals surface area (Å²) in [5.41, 5.74) is -6.01. The number of para-hydroxylation sites is 2. The maximum atomic E-state index is 14.6. The first kappa shape index (κ1) is 54.4. The third kappa shape index (κ3) is 12.5. The molecule has 1 aromatic carbocycles. The smallest absolute Gasteiger partial charge is 0.311 e. The predicted octanol–water partition coefficient (Wildman–Crippen LogP) is 4.07. The maximum absolute atomic E-state index is 14.6. The molecule has 18 atom stereocenters. The van der Waals surface area contributed by atoms with Crippen LogP contribution in [0, 0.1) is 17.8 Å². The monoisotopic (exact) mass is 912 g/mol. The number of methoxy groups -OCH3 is 1. The van der Waals surface area contributed by atoms with E-state index in [1.165, 1.54) is 6.92 Å². The van der Waals surface area contributed by atoms with Gasteiger partial charge in [-0.15, -0.1) is 0 Å². The predicted molar refractivity (Wildman–Crippen MR) is 243 cm³/mol. The van der Waals surface area contributed by atoms with Gasteiger partial charge in [-0.1, -0.05) is 39.8 Å². The lowest BCUT2D eigenvalue weighted by molar-refractivity contribution is -0.335. The van der Waals surface area contributed by atoms with Crippen LogP contribution in [-0.4, -0.2) is 157 Å². The van der Waals surface area contributed by atoms with Gasteiger partial charge in [-0.25, -0.2) is 0 Å². The fourth-order valence-corrected chi connectivity index (χ4v) is 10.1. The van der Waals surface area contributed by atoms with E-state index < -0.39 is 95.5 Å². The van der Waals surface area contributed by atoms with Crippen molar-refractivity contribution in [1.82, 2.24) is 16.0 Å². The number of ether oxygens (including phenoxy) is 8. The molecule has 0 spiro atoms. The topological polar surface area (TPSA) is 208 Å². The molecule has 0 radical (unpaired) electrons. The van der Waals surface area contributed by atoms with Crippen LogP contribution in [0.4, 0.5) is 0 Å². The van der Waals surface area contributed by atoms with E-state index >= 15 is 0 Å². The number of benzene rings is 1. The van der Waals surface area contributed by atoms with Crippen LogP contribution >= 0.6 is 0 Å². The number of cyclic esters (lactones) is 1. The summed E-state index contributed by atoms with van der Waals surface area (Å²) in [5.74, 6) is -1.62. The number of hydrogen-bond donors (Lipinski definition) is 7. The highest BCUT2D eigenvalue weighted by Gasteiger charge is 2.58. The summed E-state index contributed by atoms with van der Waals surface area (Å²) in [5, 5.41) is 58.4. The first-order valence-corrected chi connectivity index (χ1v) is 23.8. The van der Waals surface area contributed by atoms with Crippen LogP contribution in [0.1, 0.15) is 115 Å². The summed E-state index contributed by atoms with van der Waals surface area (Å²) < 4.78 is 52.2. The molecule has 0 bridgehead atoms. The van der Waals surface area contributed by atoms with Gasteiger partial charge >= 0.3 is 5.97 Å². The number of rotatable bonds is 15. The Bertz CT molecular complexity index is 1590. The molecule has 4 rings (SSSR count). The van der Waals surface area contributed by atoms with Crippen LogP contribution in [-0.2, 0) is 33.2 Å². The molecule has 64 heavy (non-hydrogen) atoms. The molecule has 3 heterocycles. The molecule has 7 N–H and O–H groups in total. The average Bonchev–Trinajstić information content (AvgIpc) is 3.24. The van der Waals surface area contributed by atoms with E-state index in [9.17, 15) is 25.2 Å². The van der Waals surface area contributed by atoms with Crippen molar-refractivity contribution >= 4 is 5.97 Å². The number of aliphatic hydroxyl groups excluding tert-OH is 1. The van der Waals surface area contributed by atoms with Crippen molar-refractivity contribution in [1.29, 1.82) is 0 Å². The molecule has 3 fully saturated rings. The van der Waals surface area contributed by atoms with Crippen molar-refractivity contribution in [3.63, 3.8) is 0 Å². The van der Waals surface area contributed by atoms with Crippen LogP contribution < -0.4 is 25.4 Å². The molecule has 0 aliphatic carbocycles. The van der Waals surface area contributed by atoms with E-state index in [0.717, 1.165) is 6.42 Å². The number of esters is 1. The van der Waals surface area contributed by atoms with Gasteiger partial charge in [0.15, 0.2) is 30.2 Å².